The zero-order valence-electron chi connectivity index (χ0n) is 42.4. The van der Waals surface area contributed by atoms with Crippen molar-refractivity contribution in [2.45, 2.75) is 0 Å². The molecular weight excluding hydrogens is 1320 g/mol. The molecule has 2 N–H and O–H groups in total. The molecule has 12 rings (SSSR count). The van der Waals surface area contributed by atoms with Gasteiger partial charge in [0.15, 0.2) is 34.9 Å². The third-order valence-corrected chi connectivity index (χ3v) is 13.3. The van der Waals surface area contributed by atoms with E-state index in [-0.39, 0.29) is 0 Å². The second-order valence-electron chi connectivity index (χ2n) is 17.7. The maximum atomic E-state index is 9.22. The molecule has 0 radical (unpaired) electrons. The summed E-state index contributed by atoms with van der Waals surface area (Å²) < 4.78 is 0.878. The van der Waals surface area contributed by atoms with Gasteiger partial charge in [0.25, 0.3) is 0 Å². The van der Waals surface area contributed by atoms with Crippen molar-refractivity contribution < 1.29 is 10.0 Å². The Balaban J connectivity index is 0.000000156. The molecule has 0 unspecified atom stereocenters. The molecule has 12 aromatic rings. The zero-order valence-corrected chi connectivity index (χ0v) is 49.9. The van der Waals surface area contributed by atoms with Gasteiger partial charge in [-0.25, -0.2) is 29.9 Å². The summed E-state index contributed by atoms with van der Waals surface area (Å²) >= 11 is 20.5. The maximum absolute atomic E-state index is 9.22. The highest BCUT2D eigenvalue weighted by atomic mass is 128. The lowest BCUT2D eigenvalue weighted by Gasteiger charge is -2.15. The van der Waals surface area contributed by atoms with Crippen LogP contribution in [0.4, 0.5) is 0 Å². The van der Waals surface area contributed by atoms with Gasteiger partial charge in [-0.1, -0.05) is 276 Å². The fourth-order valence-corrected chi connectivity index (χ4v) is 9.71. The topological polar surface area (TPSA) is 118 Å². The predicted molar refractivity (Wildman–Crippen MR) is 351 cm³/mol. The van der Waals surface area contributed by atoms with Gasteiger partial charge in [-0.05, 0) is 69.2 Å². The van der Waals surface area contributed by atoms with Crippen LogP contribution < -0.4 is 5.46 Å². The number of benzene rings is 10. The summed E-state index contributed by atoms with van der Waals surface area (Å²) in [5, 5.41) is 19.7. The van der Waals surface area contributed by atoms with Gasteiger partial charge in [-0.2, -0.15) is 0 Å². The van der Waals surface area contributed by atoms with Gasteiger partial charge in [-0.15, -0.1) is 0 Å². The van der Waals surface area contributed by atoms with Crippen molar-refractivity contribution in [1.29, 1.82) is 0 Å². The molecule has 14 heteroatoms. The molecule has 2 heterocycles. The molecule has 0 aliphatic carbocycles. The van der Waals surface area contributed by atoms with E-state index < -0.39 is 7.12 Å². The van der Waals surface area contributed by atoms with E-state index in [1.165, 1.54) is 0 Å². The number of hydrogen-bond acceptors (Lipinski definition) is 8. The van der Waals surface area contributed by atoms with Gasteiger partial charge in [-0.3, -0.25) is 0 Å². The highest BCUT2D eigenvalue weighted by Crippen LogP contribution is 2.39. The van der Waals surface area contributed by atoms with E-state index in [0.29, 0.717) is 50.5 Å². The molecule has 0 bridgehead atoms. The van der Waals surface area contributed by atoms with Crippen LogP contribution in [0.5, 0.6) is 0 Å². The van der Waals surface area contributed by atoms with Crippen LogP contribution in [0.3, 0.4) is 0 Å². The van der Waals surface area contributed by atoms with Gasteiger partial charge in [0.1, 0.15) is 0 Å². The second kappa shape index (κ2) is 28.7. The Labute approximate surface area is 507 Å². The van der Waals surface area contributed by atoms with Crippen LogP contribution >= 0.6 is 76.4 Å². The molecule has 10 aromatic carbocycles. The Bertz CT molecular complexity index is 3810. The number of rotatable bonds is 10. The summed E-state index contributed by atoms with van der Waals surface area (Å²) in [6.07, 6.45) is 0. The first-order valence-corrected chi connectivity index (χ1v) is 32.9. The predicted octanol–water partition coefficient (Wildman–Crippen LogP) is 18.0. The van der Waals surface area contributed by atoms with Crippen LogP contribution in [0.1, 0.15) is 0 Å². The molecule has 8 nitrogen and oxygen atoms in total. The van der Waals surface area contributed by atoms with E-state index in [9.17, 15) is 10.0 Å². The van der Waals surface area contributed by atoms with Crippen LogP contribution in [-0.4, -0.2) is 47.1 Å². The standard InChI is InChI=1S/C33H22ClN3.C21H13BrClN3.C12H11BO2.I2/c34-26-20-21-29(28-19-11-10-18-27(28)23-12-4-1-5-13-23)30(22-26)33-36-31(24-14-6-2-7-15-24)35-32(37-33)25-16-8-3-9-17-25;22-17-11-16(12-18(23)13-17)21-25-19(14-7-3-1-4-8-14)24-20(26-21)15-9-5-2-6-10-15;14-13(15)12-9-5-4-8-11(12)10-6-2-1-3-7-10;1-2/h1-22H;1-13H;1-9,14-15H;. The summed E-state index contributed by atoms with van der Waals surface area (Å²) in [5.74, 6) is 3.66. The van der Waals surface area contributed by atoms with Crippen molar-refractivity contribution >= 4 is 88.9 Å². The SMILES string of the molecule is Clc1cc(Br)cc(-c2nc(-c3ccccc3)nc(-c3ccccc3)n2)c1.Clc1ccc(-c2ccccc2-c2ccccc2)c(-c2nc(-c3ccccc3)nc(-c3ccccc3)n2)c1.II.OB(O)c1ccccc1-c1ccccc1. The van der Waals surface area contributed by atoms with E-state index in [0.717, 1.165) is 71.2 Å². The van der Waals surface area contributed by atoms with Gasteiger partial charge in [0, 0.05) is 85.1 Å². The highest BCUT2D eigenvalue weighted by molar-refractivity contribution is 15.0. The fourth-order valence-electron chi connectivity index (χ4n) is 8.68. The lowest BCUT2D eigenvalue weighted by Crippen LogP contribution is -2.31. The Morgan fingerprint density at radius 1 is 0.287 bits per heavy atom. The maximum Gasteiger partial charge on any atom is 0.489 e. The molecule has 390 valence electrons. The first kappa shape index (κ1) is 57.4. The van der Waals surface area contributed by atoms with Crippen LogP contribution in [0.25, 0.3) is 102 Å². The van der Waals surface area contributed by atoms with Crippen molar-refractivity contribution in [1.82, 2.24) is 29.9 Å². The number of hydrogen-bond donors (Lipinski definition) is 2. The van der Waals surface area contributed by atoms with Crippen molar-refractivity contribution in [2.75, 3.05) is 0 Å². The molecule has 0 spiro atoms. The average Bonchev–Trinajstić information content (AvgIpc) is 3.56. The summed E-state index contributed by atoms with van der Waals surface area (Å²) in [6.45, 7) is 0. The minimum absolute atomic E-state index is 0.531. The van der Waals surface area contributed by atoms with Crippen molar-refractivity contribution in [3.05, 3.63) is 281 Å². The molecule has 0 saturated heterocycles. The lowest BCUT2D eigenvalue weighted by atomic mass is 9.75. The van der Waals surface area contributed by atoms with Crippen LogP contribution in [0.2, 0.25) is 10.0 Å². The van der Waals surface area contributed by atoms with Crippen molar-refractivity contribution in [3.63, 3.8) is 0 Å². The summed E-state index contributed by atoms with van der Waals surface area (Å²) in [7, 11) is -1.43. The molecule has 0 atom stereocenters. The third kappa shape index (κ3) is 14.9. The normalized spacial score (nSPS) is 10.4. The minimum Gasteiger partial charge on any atom is -0.423 e. The van der Waals surface area contributed by atoms with Gasteiger partial charge in [0.05, 0.1) is 0 Å². The van der Waals surface area contributed by atoms with Gasteiger partial charge in [0.2, 0.25) is 0 Å². The van der Waals surface area contributed by atoms with Crippen molar-refractivity contribution in [2.24, 2.45) is 0 Å². The van der Waals surface area contributed by atoms with E-state index >= 15 is 0 Å². The van der Waals surface area contributed by atoms with Crippen LogP contribution in [0.15, 0.2) is 271 Å². The second-order valence-corrected chi connectivity index (χ2v) is 19.5. The van der Waals surface area contributed by atoms with Crippen LogP contribution in [-0.2, 0) is 0 Å². The fraction of sp³-hybridized carbons (Fsp3) is 0. The summed E-state index contributed by atoms with van der Waals surface area (Å²) in [5.41, 5.74) is 12.2. The van der Waals surface area contributed by atoms with E-state index in [1.54, 1.807) is 12.1 Å². The summed E-state index contributed by atoms with van der Waals surface area (Å²) in [6, 6.07) is 87.0. The monoisotopic (exact) mass is 1370 g/mol. The molecule has 0 aliphatic rings. The molecule has 0 fully saturated rings. The van der Waals surface area contributed by atoms with E-state index in [2.05, 4.69) is 117 Å². The first-order chi connectivity index (χ1) is 39.2. The largest absolute Gasteiger partial charge is 0.489 e. The molecular formula is C66H46BBrCl2I2N6O2. The molecule has 80 heavy (non-hydrogen) atoms. The third-order valence-electron chi connectivity index (χ3n) is 12.4. The number of halogens is 5. The molecule has 0 saturated carbocycles. The average molecular weight is 1370 g/mol. The van der Waals surface area contributed by atoms with Crippen molar-refractivity contribution in [3.8, 4) is 102 Å². The minimum atomic E-state index is -1.43. The Morgan fingerprint density at radius 3 is 1.02 bits per heavy atom. The summed E-state index contributed by atoms with van der Waals surface area (Å²) in [4.78, 5) is 28.8. The lowest BCUT2D eigenvalue weighted by molar-refractivity contribution is 0.426. The van der Waals surface area contributed by atoms with Crippen LogP contribution in [0, 0.1) is 0 Å². The van der Waals surface area contributed by atoms with E-state index in [1.807, 2.05) is 206 Å². The number of nitrogens with zero attached hydrogens (tertiary/aromatic N) is 6. The van der Waals surface area contributed by atoms with Gasteiger partial charge < -0.3 is 10.0 Å². The quantitative estimate of drug-likeness (QED) is 0.103. The first-order valence-electron chi connectivity index (χ1n) is 25.0. The Hall–Kier alpha value is -7.28. The number of aromatic nitrogens is 6. The zero-order chi connectivity index (χ0) is 55.6. The Morgan fingerprint density at radius 2 is 0.613 bits per heavy atom. The smallest absolute Gasteiger partial charge is 0.423 e. The van der Waals surface area contributed by atoms with E-state index in [4.69, 9.17) is 38.2 Å². The molecule has 2 aromatic heterocycles. The Kier molecular flexibility index (Phi) is 20.6. The highest BCUT2D eigenvalue weighted by Gasteiger charge is 2.19. The molecule has 0 aliphatic heterocycles. The van der Waals surface area contributed by atoms with Gasteiger partial charge >= 0.3 is 7.12 Å². The molecule has 0 amide bonds.